The molecule has 0 heterocycles. The zero-order valence-corrected chi connectivity index (χ0v) is 12.0. The van der Waals surface area contributed by atoms with E-state index in [0.717, 1.165) is 0 Å². The molecule has 3 nitrogen and oxygen atoms in total. The molecular formula is C14H11Cl2FN2O. The molecule has 0 unspecified atom stereocenters. The van der Waals surface area contributed by atoms with Crippen molar-refractivity contribution in [2.75, 3.05) is 11.1 Å². The van der Waals surface area contributed by atoms with E-state index in [-0.39, 0.29) is 5.56 Å². The van der Waals surface area contributed by atoms with E-state index in [9.17, 15) is 9.18 Å². The quantitative estimate of drug-likeness (QED) is 0.813. The van der Waals surface area contributed by atoms with Gasteiger partial charge in [0.25, 0.3) is 5.91 Å². The maximum Gasteiger partial charge on any atom is 0.258 e. The third kappa shape index (κ3) is 3.21. The molecule has 0 spiro atoms. The van der Waals surface area contributed by atoms with E-state index in [1.54, 1.807) is 6.92 Å². The van der Waals surface area contributed by atoms with Gasteiger partial charge in [0.1, 0.15) is 5.82 Å². The minimum absolute atomic E-state index is 0.126. The molecule has 0 bridgehead atoms. The average molecular weight is 313 g/mol. The Labute approximate surface area is 125 Å². The lowest BCUT2D eigenvalue weighted by molar-refractivity contribution is 0.102. The van der Waals surface area contributed by atoms with Crippen LogP contribution >= 0.6 is 23.2 Å². The van der Waals surface area contributed by atoms with Gasteiger partial charge in [0.15, 0.2) is 0 Å². The van der Waals surface area contributed by atoms with Crippen molar-refractivity contribution < 1.29 is 9.18 Å². The summed E-state index contributed by atoms with van der Waals surface area (Å²) in [7, 11) is 0. The Kier molecular flexibility index (Phi) is 4.16. The van der Waals surface area contributed by atoms with E-state index in [1.165, 1.54) is 30.3 Å². The number of carbonyl (C=O) groups is 1. The van der Waals surface area contributed by atoms with Crippen LogP contribution in [0.25, 0.3) is 0 Å². The highest BCUT2D eigenvalue weighted by Crippen LogP contribution is 2.24. The lowest BCUT2D eigenvalue weighted by Crippen LogP contribution is -2.15. The Balaban J connectivity index is 2.33. The second kappa shape index (κ2) is 5.69. The molecule has 0 aliphatic carbocycles. The molecule has 3 N–H and O–H groups in total. The van der Waals surface area contributed by atoms with Crippen molar-refractivity contribution >= 4 is 40.5 Å². The van der Waals surface area contributed by atoms with E-state index in [2.05, 4.69) is 5.32 Å². The van der Waals surface area contributed by atoms with Gasteiger partial charge in [-0.1, -0.05) is 23.2 Å². The Bertz CT molecular complexity index is 669. The number of benzene rings is 2. The molecule has 2 rings (SSSR count). The van der Waals surface area contributed by atoms with E-state index in [1.807, 2.05) is 0 Å². The summed E-state index contributed by atoms with van der Waals surface area (Å²) in [5.41, 5.74) is 6.50. The van der Waals surface area contributed by atoms with Crippen molar-refractivity contribution in [3.05, 3.63) is 57.3 Å². The van der Waals surface area contributed by atoms with Crippen LogP contribution in [0, 0.1) is 12.7 Å². The van der Waals surface area contributed by atoms with Crippen molar-refractivity contribution in [2.24, 2.45) is 0 Å². The fraction of sp³-hybridized carbons (Fsp3) is 0.0714. The monoisotopic (exact) mass is 312 g/mol. The Morgan fingerprint density at radius 3 is 2.35 bits per heavy atom. The van der Waals surface area contributed by atoms with Gasteiger partial charge >= 0.3 is 0 Å². The second-order valence-corrected chi connectivity index (χ2v) is 5.18. The second-order valence-electron chi connectivity index (χ2n) is 4.31. The van der Waals surface area contributed by atoms with E-state index < -0.39 is 11.7 Å². The lowest BCUT2D eigenvalue weighted by Gasteiger charge is -2.09. The number of nitrogens with one attached hydrogen (secondary N) is 1. The number of hydrogen-bond donors (Lipinski definition) is 2. The Morgan fingerprint density at radius 1 is 1.15 bits per heavy atom. The van der Waals surface area contributed by atoms with Gasteiger partial charge in [0.05, 0.1) is 5.56 Å². The predicted molar refractivity (Wildman–Crippen MR) is 80.0 cm³/mol. The summed E-state index contributed by atoms with van der Waals surface area (Å²) in [5, 5.41) is 3.28. The van der Waals surface area contributed by atoms with Crippen LogP contribution in [0.1, 0.15) is 15.9 Å². The summed E-state index contributed by atoms with van der Waals surface area (Å²) < 4.78 is 13.9. The number of anilines is 2. The third-order valence-electron chi connectivity index (χ3n) is 2.64. The van der Waals surface area contributed by atoms with Gasteiger partial charge in [-0.15, -0.1) is 0 Å². The first-order chi connectivity index (χ1) is 9.36. The maximum atomic E-state index is 13.9. The SMILES string of the molecule is Cc1cc(N)cc(C(=O)Nc2cc(Cl)cc(Cl)c2)c1F. The van der Waals surface area contributed by atoms with Gasteiger partial charge in [0, 0.05) is 21.4 Å². The predicted octanol–water partition coefficient (Wildman–Crippen LogP) is 4.28. The molecular weight excluding hydrogens is 302 g/mol. The van der Waals surface area contributed by atoms with Crippen molar-refractivity contribution in [3.8, 4) is 0 Å². The zero-order chi connectivity index (χ0) is 14.9. The van der Waals surface area contributed by atoms with Crippen molar-refractivity contribution in [1.82, 2.24) is 0 Å². The highest BCUT2D eigenvalue weighted by molar-refractivity contribution is 6.35. The van der Waals surface area contributed by atoms with Crippen LogP contribution in [0.4, 0.5) is 15.8 Å². The number of hydrogen-bond acceptors (Lipinski definition) is 2. The molecule has 2 aromatic carbocycles. The van der Waals surface area contributed by atoms with Crippen LogP contribution in [0.15, 0.2) is 30.3 Å². The summed E-state index contributed by atoms with van der Waals surface area (Å²) in [5.74, 6) is -1.22. The van der Waals surface area contributed by atoms with Gasteiger partial charge < -0.3 is 11.1 Å². The summed E-state index contributed by atoms with van der Waals surface area (Å²) in [6.45, 7) is 1.54. The first-order valence-corrected chi connectivity index (χ1v) is 6.45. The highest BCUT2D eigenvalue weighted by atomic mass is 35.5. The largest absolute Gasteiger partial charge is 0.399 e. The molecule has 0 fully saturated rings. The fourth-order valence-corrected chi connectivity index (χ4v) is 2.31. The van der Waals surface area contributed by atoms with Crippen LogP contribution in [-0.2, 0) is 0 Å². The number of halogens is 3. The van der Waals surface area contributed by atoms with Crippen LogP contribution < -0.4 is 11.1 Å². The molecule has 104 valence electrons. The van der Waals surface area contributed by atoms with Gasteiger partial charge in [-0.25, -0.2) is 4.39 Å². The van der Waals surface area contributed by atoms with E-state index in [4.69, 9.17) is 28.9 Å². The van der Waals surface area contributed by atoms with Gasteiger partial charge in [0.2, 0.25) is 0 Å². The summed E-state index contributed by atoms with van der Waals surface area (Å²) >= 11 is 11.7. The van der Waals surface area contributed by atoms with Crippen molar-refractivity contribution in [1.29, 1.82) is 0 Å². The fourth-order valence-electron chi connectivity index (χ4n) is 1.79. The standard InChI is InChI=1S/C14H11Cl2FN2O/c1-7-2-10(18)6-12(13(7)17)14(20)19-11-4-8(15)3-9(16)5-11/h2-6H,18H2,1H3,(H,19,20). The molecule has 0 saturated carbocycles. The molecule has 20 heavy (non-hydrogen) atoms. The lowest BCUT2D eigenvalue weighted by atomic mass is 10.1. The zero-order valence-electron chi connectivity index (χ0n) is 10.5. The van der Waals surface area contributed by atoms with Crippen LogP contribution in [-0.4, -0.2) is 5.91 Å². The number of nitrogens with two attached hydrogens (primary N) is 1. The van der Waals surface area contributed by atoms with E-state index in [0.29, 0.717) is 27.0 Å². The van der Waals surface area contributed by atoms with Gasteiger partial charge in [-0.2, -0.15) is 0 Å². The summed E-state index contributed by atoms with van der Waals surface area (Å²) in [4.78, 5) is 12.1. The van der Waals surface area contributed by atoms with Gasteiger partial charge in [-0.3, -0.25) is 4.79 Å². The molecule has 0 aliphatic heterocycles. The van der Waals surface area contributed by atoms with Crippen molar-refractivity contribution in [3.63, 3.8) is 0 Å². The van der Waals surface area contributed by atoms with Crippen LogP contribution in [0.5, 0.6) is 0 Å². The summed E-state index contributed by atoms with van der Waals surface area (Å²) in [6, 6.07) is 7.31. The number of nitrogen functional groups attached to an aromatic ring is 1. The Hall–Kier alpha value is -1.78. The first kappa shape index (κ1) is 14.6. The molecule has 2 aromatic rings. The Morgan fingerprint density at radius 2 is 1.75 bits per heavy atom. The number of amides is 1. The number of aryl methyl sites for hydroxylation is 1. The smallest absolute Gasteiger partial charge is 0.258 e. The van der Waals surface area contributed by atoms with Crippen molar-refractivity contribution in [2.45, 2.75) is 6.92 Å². The average Bonchev–Trinajstić information content (AvgIpc) is 2.32. The normalized spacial score (nSPS) is 10.4. The third-order valence-corrected chi connectivity index (χ3v) is 3.08. The minimum atomic E-state index is -0.615. The molecule has 0 saturated heterocycles. The van der Waals surface area contributed by atoms with Crippen LogP contribution in [0.3, 0.4) is 0 Å². The first-order valence-electron chi connectivity index (χ1n) is 5.70. The molecule has 0 radical (unpaired) electrons. The topological polar surface area (TPSA) is 55.1 Å². The molecule has 0 aromatic heterocycles. The molecule has 1 amide bonds. The minimum Gasteiger partial charge on any atom is -0.399 e. The number of rotatable bonds is 2. The molecule has 6 heteroatoms. The molecule has 0 aliphatic rings. The highest BCUT2D eigenvalue weighted by Gasteiger charge is 2.15. The van der Waals surface area contributed by atoms with Gasteiger partial charge in [-0.05, 0) is 42.8 Å². The number of carbonyl (C=O) groups excluding carboxylic acids is 1. The molecule has 0 atom stereocenters. The maximum absolute atomic E-state index is 13.9. The van der Waals surface area contributed by atoms with E-state index >= 15 is 0 Å². The summed E-state index contributed by atoms with van der Waals surface area (Å²) in [6.07, 6.45) is 0. The van der Waals surface area contributed by atoms with Crippen LogP contribution in [0.2, 0.25) is 10.0 Å².